The highest BCUT2D eigenvalue weighted by Gasteiger charge is 2.26. The fraction of sp³-hybridized carbons (Fsp3) is 0.462. The van der Waals surface area contributed by atoms with Gasteiger partial charge in [-0.3, -0.25) is 4.79 Å². The van der Waals surface area contributed by atoms with Gasteiger partial charge in [-0.1, -0.05) is 6.07 Å². The number of nitrogens with zero attached hydrogens (tertiary/aromatic N) is 5. The van der Waals surface area contributed by atoms with Crippen LogP contribution in [0.1, 0.15) is 42.8 Å². The maximum atomic E-state index is 12.9. The summed E-state index contributed by atoms with van der Waals surface area (Å²) in [5.41, 5.74) is 1.91. The number of aromatic nitrogens is 4. The third-order valence-electron chi connectivity index (χ3n) is 6.32. The maximum Gasteiger partial charge on any atom is 0.222 e. The van der Waals surface area contributed by atoms with E-state index in [1.165, 1.54) is 0 Å². The van der Waals surface area contributed by atoms with Gasteiger partial charge in [-0.25, -0.2) is 15.0 Å². The van der Waals surface area contributed by atoms with Crippen LogP contribution in [-0.2, 0) is 24.3 Å². The number of hydrogen-bond acceptors (Lipinski definition) is 7. The van der Waals surface area contributed by atoms with E-state index < -0.39 is 0 Å². The highest BCUT2D eigenvalue weighted by Crippen LogP contribution is 2.28. The van der Waals surface area contributed by atoms with Crippen LogP contribution in [0.15, 0.2) is 43.0 Å². The molecule has 186 valence electrons. The molecule has 0 saturated carbocycles. The molecule has 0 radical (unpaired) electrons. The number of methoxy groups -OCH3 is 2. The van der Waals surface area contributed by atoms with E-state index in [9.17, 15) is 4.79 Å². The van der Waals surface area contributed by atoms with Crippen LogP contribution in [0.5, 0.6) is 11.5 Å². The van der Waals surface area contributed by atoms with E-state index in [1.54, 1.807) is 26.7 Å². The van der Waals surface area contributed by atoms with Crippen molar-refractivity contribution in [1.29, 1.82) is 0 Å². The van der Waals surface area contributed by atoms with Crippen LogP contribution in [0.2, 0.25) is 0 Å². The number of imidazole rings is 1. The SMILES string of the molecule is COc1ccc(CNC(=O)CC2CCCCN2c2cc(C)nc(CCn3ccnc3)n2)cc1OC. The molecule has 2 aromatic heterocycles. The summed E-state index contributed by atoms with van der Waals surface area (Å²) in [6, 6.07) is 7.82. The average Bonchev–Trinajstić information content (AvgIpc) is 3.40. The molecule has 0 bridgehead atoms. The van der Waals surface area contributed by atoms with E-state index in [4.69, 9.17) is 14.5 Å². The molecular weight excluding hydrogens is 444 g/mol. The molecule has 1 fully saturated rings. The van der Waals surface area contributed by atoms with Gasteiger partial charge in [0.1, 0.15) is 11.6 Å². The normalized spacial score (nSPS) is 15.6. The van der Waals surface area contributed by atoms with Gasteiger partial charge in [-0.05, 0) is 43.9 Å². The average molecular weight is 479 g/mol. The number of piperidine rings is 1. The molecule has 1 atom stereocenters. The number of aryl methyl sites for hydroxylation is 3. The van der Waals surface area contributed by atoms with Gasteiger partial charge in [0.15, 0.2) is 11.5 Å². The molecule has 1 N–H and O–H groups in total. The van der Waals surface area contributed by atoms with Crippen LogP contribution in [0.3, 0.4) is 0 Å². The Kier molecular flexibility index (Phi) is 8.18. The summed E-state index contributed by atoms with van der Waals surface area (Å²) < 4.78 is 12.7. The minimum atomic E-state index is 0.0304. The number of hydrogen-bond donors (Lipinski definition) is 1. The van der Waals surface area contributed by atoms with E-state index in [0.29, 0.717) is 24.5 Å². The lowest BCUT2D eigenvalue weighted by atomic mass is 9.98. The number of rotatable bonds is 10. The van der Waals surface area contributed by atoms with Crippen LogP contribution in [0.4, 0.5) is 5.82 Å². The van der Waals surface area contributed by atoms with E-state index in [2.05, 4.69) is 20.2 Å². The molecule has 3 aromatic rings. The second-order valence-electron chi connectivity index (χ2n) is 8.85. The summed E-state index contributed by atoms with van der Waals surface area (Å²) in [6.45, 7) is 4.12. The summed E-state index contributed by atoms with van der Waals surface area (Å²) in [6.07, 6.45) is 9.86. The Labute approximate surface area is 206 Å². The third-order valence-corrected chi connectivity index (χ3v) is 6.32. The molecule has 3 heterocycles. The maximum absolute atomic E-state index is 12.9. The van der Waals surface area contributed by atoms with Gasteiger partial charge in [0.05, 0.1) is 20.5 Å². The number of carbonyl (C=O) groups excluding carboxylic acids is 1. The summed E-state index contributed by atoms with van der Waals surface area (Å²) in [4.78, 5) is 28.8. The van der Waals surface area contributed by atoms with E-state index in [1.807, 2.05) is 42.0 Å². The molecule has 9 heteroatoms. The first-order valence-electron chi connectivity index (χ1n) is 12.1. The number of carbonyl (C=O) groups is 1. The Hall–Kier alpha value is -3.62. The van der Waals surface area contributed by atoms with Crippen molar-refractivity contribution in [3.63, 3.8) is 0 Å². The zero-order valence-corrected chi connectivity index (χ0v) is 20.7. The minimum absolute atomic E-state index is 0.0304. The molecule has 35 heavy (non-hydrogen) atoms. The monoisotopic (exact) mass is 478 g/mol. The first-order chi connectivity index (χ1) is 17.1. The number of nitrogens with one attached hydrogen (secondary N) is 1. The molecular formula is C26H34N6O3. The molecule has 0 aliphatic carbocycles. The fourth-order valence-electron chi connectivity index (χ4n) is 4.51. The molecule has 0 spiro atoms. The van der Waals surface area contributed by atoms with E-state index >= 15 is 0 Å². The lowest BCUT2D eigenvalue weighted by Crippen LogP contribution is -2.43. The Bertz CT molecular complexity index is 1120. The highest BCUT2D eigenvalue weighted by atomic mass is 16.5. The van der Waals surface area contributed by atoms with Gasteiger partial charge in [-0.15, -0.1) is 0 Å². The predicted molar refractivity (Wildman–Crippen MR) is 134 cm³/mol. The van der Waals surface area contributed by atoms with Gasteiger partial charge < -0.3 is 24.3 Å². The summed E-state index contributed by atoms with van der Waals surface area (Å²) in [5.74, 6) is 3.08. The summed E-state index contributed by atoms with van der Waals surface area (Å²) in [7, 11) is 3.22. The first kappa shape index (κ1) is 24.5. The third kappa shape index (κ3) is 6.49. The fourth-order valence-corrected chi connectivity index (χ4v) is 4.51. The van der Waals surface area contributed by atoms with Gasteiger partial charge in [0, 0.05) is 62.7 Å². The largest absolute Gasteiger partial charge is 0.493 e. The van der Waals surface area contributed by atoms with Crippen molar-refractivity contribution in [1.82, 2.24) is 24.8 Å². The predicted octanol–water partition coefficient (Wildman–Crippen LogP) is 3.31. The quantitative estimate of drug-likeness (QED) is 0.478. The first-order valence-corrected chi connectivity index (χ1v) is 12.1. The molecule has 1 amide bonds. The topological polar surface area (TPSA) is 94.4 Å². The second-order valence-corrected chi connectivity index (χ2v) is 8.85. The van der Waals surface area contributed by atoms with E-state index in [-0.39, 0.29) is 11.9 Å². The molecule has 1 unspecified atom stereocenters. The zero-order valence-electron chi connectivity index (χ0n) is 20.7. The van der Waals surface area contributed by atoms with Crippen molar-refractivity contribution in [3.05, 3.63) is 60.1 Å². The van der Waals surface area contributed by atoms with Gasteiger partial charge >= 0.3 is 0 Å². The van der Waals surface area contributed by atoms with Gasteiger partial charge in [0.25, 0.3) is 0 Å². The lowest BCUT2D eigenvalue weighted by Gasteiger charge is -2.36. The molecule has 4 rings (SSSR count). The number of benzene rings is 1. The standard InChI is InChI=1S/C26H34N6O3/c1-19-14-25(30-24(29-19)9-12-31-13-10-27-18-31)32-11-5-4-6-21(32)16-26(33)28-17-20-7-8-22(34-2)23(15-20)35-3/h7-8,10,13-15,18,21H,4-6,9,11-12,16-17H2,1-3H3,(H,28,33). The summed E-state index contributed by atoms with van der Waals surface area (Å²) >= 11 is 0. The van der Waals surface area contributed by atoms with Crippen molar-refractivity contribution < 1.29 is 14.3 Å². The van der Waals surface area contributed by atoms with Crippen molar-refractivity contribution in [2.24, 2.45) is 0 Å². The molecule has 1 aromatic carbocycles. The van der Waals surface area contributed by atoms with Crippen LogP contribution in [0.25, 0.3) is 0 Å². The van der Waals surface area contributed by atoms with Crippen molar-refractivity contribution in [2.75, 3.05) is 25.7 Å². The second kappa shape index (κ2) is 11.7. The highest BCUT2D eigenvalue weighted by molar-refractivity contribution is 5.77. The molecule has 9 nitrogen and oxygen atoms in total. The van der Waals surface area contributed by atoms with Crippen LogP contribution >= 0.6 is 0 Å². The van der Waals surface area contributed by atoms with Gasteiger partial charge in [-0.2, -0.15) is 0 Å². The zero-order chi connectivity index (χ0) is 24.6. The Balaban J connectivity index is 1.39. The van der Waals surface area contributed by atoms with Crippen LogP contribution < -0.4 is 19.7 Å². The van der Waals surface area contributed by atoms with Crippen molar-refractivity contribution in [2.45, 2.75) is 58.2 Å². The Morgan fingerprint density at radius 2 is 2.00 bits per heavy atom. The Morgan fingerprint density at radius 1 is 1.14 bits per heavy atom. The van der Waals surface area contributed by atoms with Crippen molar-refractivity contribution >= 4 is 11.7 Å². The van der Waals surface area contributed by atoms with E-state index in [0.717, 1.165) is 61.7 Å². The van der Waals surface area contributed by atoms with Crippen molar-refractivity contribution in [3.8, 4) is 11.5 Å². The number of anilines is 1. The lowest BCUT2D eigenvalue weighted by molar-refractivity contribution is -0.121. The molecule has 1 aliphatic heterocycles. The minimum Gasteiger partial charge on any atom is -0.493 e. The summed E-state index contributed by atoms with van der Waals surface area (Å²) in [5, 5.41) is 3.06. The van der Waals surface area contributed by atoms with Gasteiger partial charge in [0.2, 0.25) is 5.91 Å². The molecule has 1 saturated heterocycles. The van der Waals surface area contributed by atoms with Crippen LogP contribution in [-0.4, -0.2) is 52.2 Å². The number of ether oxygens (including phenoxy) is 2. The molecule has 1 aliphatic rings. The Morgan fingerprint density at radius 3 is 2.77 bits per heavy atom. The number of amides is 1. The van der Waals surface area contributed by atoms with Crippen LogP contribution in [0, 0.1) is 6.92 Å². The smallest absolute Gasteiger partial charge is 0.222 e.